The second-order valence-corrected chi connectivity index (χ2v) is 12.9. The largest absolute Gasteiger partial charge is 0.396 e. The highest BCUT2D eigenvalue weighted by molar-refractivity contribution is 7.21. The average Bonchev–Trinajstić information content (AvgIpc) is 3.51. The molecule has 5 N–H and O–H groups in total. The van der Waals surface area contributed by atoms with Crippen LogP contribution in [0.1, 0.15) is 46.7 Å². The van der Waals surface area contributed by atoms with Crippen LogP contribution in [0.25, 0.3) is 20.8 Å². The smallest absolute Gasteiger partial charge is 0.315 e. The summed E-state index contributed by atoms with van der Waals surface area (Å²) < 4.78 is 13.5. The van der Waals surface area contributed by atoms with Crippen molar-refractivity contribution in [3.8, 4) is 10.6 Å². The molecule has 12 heteroatoms. The third-order valence-electron chi connectivity index (χ3n) is 6.92. The van der Waals surface area contributed by atoms with Crippen LogP contribution in [0, 0.1) is 12.8 Å². The van der Waals surface area contributed by atoms with E-state index in [1.54, 1.807) is 11.3 Å². The molecule has 3 heterocycles. The number of rotatable bonds is 8. The minimum atomic E-state index is -0.723. The van der Waals surface area contributed by atoms with Crippen LogP contribution >= 0.6 is 11.3 Å². The number of carbonyl (C=O) groups excluding carboxylic acids is 1. The maximum atomic E-state index is 12.1. The van der Waals surface area contributed by atoms with E-state index in [4.69, 9.17) is 24.4 Å². The van der Waals surface area contributed by atoms with Gasteiger partial charge >= 0.3 is 6.03 Å². The Balaban J connectivity index is 1.40. The first kappa shape index (κ1) is 28.5. The lowest BCUT2D eigenvalue weighted by atomic mass is 10.1. The van der Waals surface area contributed by atoms with Gasteiger partial charge in [0, 0.05) is 31.2 Å². The van der Waals surface area contributed by atoms with Gasteiger partial charge in [0.1, 0.15) is 16.9 Å². The molecule has 1 aromatic carbocycles. The first-order valence-corrected chi connectivity index (χ1v) is 14.5. The third-order valence-corrected chi connectivity index (χ3v) is 7.97. The number of carbonyl (C=O) groups is 1. The molecule has 216 valence electrons. The van der Waals surface area contributed by atoms with Gasteiger partial charge in [0.05, 0.1) is 33.6 Å². The molecule has 4 atom stereocenters. The number of nitrogens with zero attached hydrogens (tertiary/aromatic N) is 3. The zero-order valence-corrected chi connectivity index (χ0v) is 24.7. The van der Waals surface area contributed by atoms with E-state index in [-0.39, 0.29) is 42.3 Å². The van der Waals surface area contributed by atoms with E-state index in [1.165, 1.54) is 0 Å². The van der Waals surface area contributed by atoms with E-state index < -0.39 is 5.79 Å². The molecule has 0 unspecified atom stereocenters. The molecule has 3 aromatic rings. The Morgan fingerprint density at radius 3 is 2.60 bits per heavy atom. The van der Waals surface area contributed by atoms with Crippen molar-refractivity contribution in [3.63, 3.8) is 0 Å². The van der Waals surface area contributed by atoms with Crippen LogP contribution in [0.5, 0.6) is 0 Å². The maximum absolute atomic E-state index is 12.1. The number of fused-ring (bicyclic) bond motifs is 2. The van der Waals surface area contributed by atoms with Gasteiger partial charge in [-0.1, -0.05) is 12.1 Å². The topological polar surface area (TPSA) is 143 Å². The van der Waals surface area contributed by atoms with Crippen LogP contribution in [0.3, 0.4) is 0 Å². The highest BCUT2D eigenvalue weighted by Crippen LogP contribution is 2.44. The van der Waals surface area contributed by atoms with Crippen molar-refractivity contribution in [1.82, 2.24) is 25.6 Å². The van der Waals surface area contributed by atoms with Gasteiger partial charge in [0.25, 0.3) is 0 Å². The van der Waals surface area contributed by atoms with Crippen molar-refractivity contribution in [2.75, 3.05) is 30.3 Å². The summed E-state index contributed by atoms with van der Waals surface area (Å²) in [4.78, 5) is 26.6. The number of benzene rings is 1. The normalized spacial score (nSPS) is 23.7. The molecule has 0 bridgehead atoms. The summed E-state index contributed by atoms with van der Waals surface area (Å²) in [7, 11) is 0. The number of urea groups is 1. The first-order chi connectivity index (χ1) is 18.9. The van der Waals surface area contributed by atoms with Gasteiger partial charge in [-0.25, -0.2) is 14.8 Å². The minimum Gasteiger partial charge on any atom is -0.396 e. The van der Waals surface area contributed by atoms with Gasteiger partial charge in [-0.05, 0) is 60.1 Å². The molecule has 1 aliphatic carbocycles. The summed E-state index contributed by atoms with van der Waals surface area (Å²) in [5.74, 6) is 0.323. The number of ether oxygens (including phenoxy) is 2. The van der Waals surface area contributed by atoms with Crippen LogP contribution in [-0.2, 0) is 9.47 Å². The third kappa shape index (κ3) is 6.30. The molecule has 1 saturated heterocycles. The Bertz CT molecular complexity index is 1340. The summed E-state index contributed by atoms with van der Waals surface area (Å²) in [5.41, 5.74) is 2.21. The monoisotopic (exact) mass is 569 g/mol. The first-order valence-electron chi connectivity index (χ1n) is 13.7. The minimum absolute atomic E-state index is 0.0227. The van der Waals surface area contributed by atoms with Crippen molar-refractivity contribution in [2.24, 2.45) is 5.92 Å². The zero-order valence-electron chi connectivity index (χ0n) is 23.9. The Morgan fingerprint density at radius 1 is 1.12 bits per heavy atom. The number of aliphatic hydroxyl groups excluding tert-OH is 1. The van der Waals surface area contributed by atoms with Gasteiger partial charge < -0.3 is 35.8 Å². The molecule has 0 spiro atoms. The zero-order chi connectivity index (χ0) is 28.7. The molecule has 1 aliphatic heterocycles. The molecule has 0 radical (unpaired) electrons. The van der Waals surface area contributed by atoms with Crippen LogP contribution in [0.15, 0.2) is 24.3 Å². The van der Waals surface area contributed by atoms with Gasteiger partial charge in [0.2, 0.25) is 5.95 Å². The number of aliphatic hydroxyl groups is 1. The van der Waals surface area contributed by atoms with Crippen molar-refractivity contribution < 1.29 is 19.4 Å². The summed E-state index contributed by atoms with van der Waals surface area (Å²) in [6.07, 6.45) is 0.252. The number of aromatic nitrogens is 3. The van der Waals surface area contributed by atoms with E-state index in [2.05, 4.69) is 27.3 Å². The second kappa shape index (κ2) is 11.1. The summed E-state index contributed by atoms with van der Waals surface area (Å²) in [6, 6.07) is 7.68. The summed E-state index contributed by atoms with van der Waals surface area (Å²) >= 11 is 1.59. The Kier molecular flexibility index (Phi) is 7.88. The van der Waals surface area contributed by atoms with Crippen molar-refractivity contribution in [3.05, 3.63) is 30.0 Å². The molecule has 2 aliphatic rings. The quantitative estimate of drug-likeness (QED) is 0.255. The number of nitrogens with one attached hydrogen (secondary N) is 4. The number of anilines is 2. The lowest BCUT2D eigenvalue weighted by Gasteiger charge is -2.25. The number of thiazole rings is 1. The molecule has 1 saturated carbocycles. The SMILES string of the molecule is Cc1nc(NCCNC(=O)NC(C)(C)C)nc(N[C@@H]2C[C@H](CO)[C@H]3OC(C)(C)O[C@H]32)c1-c1nc2ccccc2s1. The number of aryl methyl sites for hydroxylation is 1. The Hall–Kier alpha value is -3.06. The fourth-order valence-electron chi connectivity index (χ4n) is 5.31. The second-order valence-electron chi connectivity index (χ2n) is 11.9. The Labute approximate surface area is 238 Å². The van der Waals surface area contributed by atoms with Gasteiger partial charge in [-0.2, -0.15) is 4.98 Å². The van der Waals surface area contributed by atoms with Crippen LogP contribution in [0.4, 0.5) is 16.6 Å². The average molecular weight is 570 g/mol. The summed E-state index contributed by atoms with van der Waals surface area (Å²) in [5, 5.41) is 23.5. The van der Waals surface area contributed by atoms with E-state index >= 15 is 0 Å². The molecule has 11 nitrogen and oxygen atoms in total. The molecule has 40 heavy (non-hydrogen) atoms. The van der Waals surface area contributed by atoms with Gasteiger partial charge in [0.15, 0.2) is 5.79 Å². The predicted molar refractivity (Wildman–Crippen MR) is 157 cm³/mol. The molecular weight excluding hydrogens is 530 g/mol. The predicted octanol–water partition coefficient (Wildman–Crippen LogP) is 3.88. The summed E-state index contributed by atoms with van der Waals surface area (Å²) in [6.45, 7) is 12.4. The maximum Gasteiger partial charge on any atom is 0.315 e. The fourth-order valence-corrected chi connectivity index (χ4v) is 6.37. The molecule has 2 amide bonds. The fraction of sp³-hybridized carbons (Fsp3) is 0.571. The number of amides is 2. The van der Waals surface area contributed by atoms with Crippen molar-refractivity contribution in [1.29, 1.82) is 0 Å². The lowest BCUT2D eigenvalue weighted by molar-refractivity contribution is -0.158. The number of hydrogen-bond acceptors (Lipinski definition) is 10. The molecule has 2 fully saturated rings. The lowest BCUT2D eigenvalue weighted by Crippen LogP contribution is -2.47. The molecule has 2 aromatic heterocycles. The number of para-hydroxylation sites is 1. The molecular formula is C28H39N7O4S. The van der Waals surface area contributed by atoms with Crippen LogP contribution in [-0.4, -0.2) is 75.4 Å². The van der Waals surface area contributed by atoms with Crippen LogP contribution < -0.4 is 21.3 Å². The molecule has 5 rings (SSSR count). The van der Waals surface area contributed by atoms with E-state index in [0.717, 1.165) is 26.5 Å². The van der Waals surface area contributed by atoms with E-state index in [1.807, 2.05) is 59.7 Å². The van der Waals surface area contributed by atoms with E-state index in [0.29, 0.717) is 31.3 Å². The van der Waals surface area contributed by atoms with Gasteiger partial charge in [-0.3, -0.25) is 0 Å². The van der Waals surface area contributed by atoms with Crippen molar-refractivity contribution >= 4 is 39.4 Å². The van der Waals surface area contributed by atoms with Gasteiger partial charge in [-0.15, -0.1) is 11.3 Å². The number of hydrogen-bond donors (Lipinski definition) is 5. The highest BCUT2D eigenvalue weighted by atomic mass is 32.1. The Morgan fingerprint density at radius 2 is 1.88 bits per heavy atom. The van der Waals surface area contributed by atoms with Crippen LogP contribution in [0.2, 0.25) is 0 Å². The standard InChI is InChI=1S/C28H39N7O4S/c1-15-20(24-33-17-9-7-8-10-19(17)40-24)23(32-18-13-16(14-36)21-22(18)39-28(5,6)38-21)34-25(31-15)29-11-12-30-26(37)35-27(2,3)4/h7-10,16,18,21-22,36H,11-14H2,1-6H3,(H2,30,35,37)(H2,29,31,32,34)/t16-,18-,21-,22+/m1/s1. The van der Waals surface area contributed by atoms with E-state index in [9.17, 15) is 9.90 Å². The highest BCUT2D eigenvalue weighted by Gasteiger charge is 2.54. The van der Waals surface area contributed by atoms with Crippen molar-refractivity contribution in [2.45, 2.75) is 77.5 Å².